The van der Waals surface area contributed by atoms with Crippen LogP contribution in [-0.2, 0) is 14.8 Å². The van der Waals surface area contributed by atoms with Gasteiger partial charge in [-0.25, -0.2) is 8.42 Å². The van der Waals surface area contributed by atoms with Gasteiger partial charge < -0.3 is 19.3 Å². The zero-order chi connectivity index (χ0) is 29.1. The molecule has 1 fully saturated rings. The highest BCUT2D eigenvalue weighted by atomic mass is 35.5. The van der Waals surface area contributed by atoms with E-state index >= 15 is 0 Å². The van der Waals surface area contributed by atoms with E-state index in [-0.39, 0.29) is 24.2 Å². The van der Waals surface area contributed by atoms with Gasteiger partial charge in [-0.2, -0.15) is 4.31 Å². The highest BCUT2D eigenvalue weighted by Gasteiger charge is 2.47. The van der Waals surface area contributed by atoms with Crippen LogP contribution in [0.1, 0.15) is 36.4 Å². The second-order valence-corrected chi connectivity index (χ2v) is 12.5. The lowest BCUT2D eigenvalue weighted by atomic mass is 9.82. The van der Waals surface area contributed by atoms with Crippen molar-refractivity contribution >= 4 is 27.6 Å². The molecular weight excluding hydrogens is 568 g/mol. The molecule has 1 saturated heterocycles. The monoisotopic (exact) mass is 600 g/mol. The molecule has 2 heterocycles. The van der Waals surface area contributed by atoms with Crippen molar-refractivity contribution in [2.24, 2.45) is 5.92 Å². The molecule has 1 N–H and O–H groups in total. The third-order valence-electron chi connectivity index (χ3n) is 7.73. The number of benzene rings is 3. The Kier molecular flexibility index (Phi) is 8.74. The average molecular weight is 601 g/mol. The molecule has 2 aliphatic rings. The molecule has 0 aromatic heterocycles. The third-order valence-corrected chi connectivity index (χ3v) is 9.89. The first-order valence-electron chi connectivity index (χ1n) is 13.5. The van der Waals surface area contributed by atoms with Crippen LogP contribution in [0.3, 0.4) is 0 Å². The van der Waals surface area contributed by atoms with Crippen LogP contribution in [0.5, 0.6) is 17.2 Å². The topological polar surface area (TPSA) is 106 Å². The number of aliphatic carboxylic acids is 1. The Morgan fingerprint density at radius 1 is 1.02 bits per heavy atom. The molecule has 2 aliphatic heterocycles. The Bertz CT molecular complexity index is 1480. The summed E-state index contributed by atoms with van der Waals surface area (Å²) < 4.78 is 44.9. The maximum absolute atomic E-state index is 13.6. The minimum absolute atomic E-state index is 0.127. The van der Waals surface area contributed by atoms with Gasteiger partial charge in [0.15, 0.2) is 11.5 Å². The van der Waals surface area contributed by atoms with Crippen molar-refractivity contribution < 1.29 is 32.5 Å². The van der Waals surface area contributed by atoms with Gasteiger partial charge in [0.2, 0.25) is 16.8 Å². The number of nitrogens with zero attached hydrogens (tertiary/aromatic N) is 2. The van der Waals surface area contributed by atoms with Crippen molar-refractivity contribution in [2.75, 3.05) is 40.1 Å². The van der Waals surface area contributed by atoms with Crippen molar-refractivity contribution in [3.05, 3.63) is 82.9 Å². The lowest BCUT2D eigenvalue weighted by Crippen LogP contribution is -2.39. The Morgan fingerprint density at radius 3 is 2.37 bits per heavy atom. The third kappa shape index (κ3) is 6.01. The van der Waals surface area contributed by atoms with Crippen molar-refractivity contribution in [2.45, 2.75) is 30.2 Å². The molecule has 0 saturated carbocycles. The summed E-state index contributed by atoms with van der Waals surface area (Å²) >= 11 is 5.99. The first-order valence-corrected chi connectivity index (χ1v) is 15.3. The molecule has 5 rings (SSSR count). The maximum atomic E-state index is 13.6. The van der Waals surface area contributed by atoms with Crippen molar-refractivity contribution in [3.63, 3.8) is 0 Å². The number of methoxy groups -OCH3 is 1. The number of sulfonamides is 1. The van der Waals surface area contributed by atoms with Crippen molar-refractivity contribution in [1.82, 2.24) is 9.21 Å². The van der Waals surface area contributed by atoms with E-state index in [1.165, 1.54) is 16.4 Å². The fourth-order valence-electron chi connectivity index (χ4n) is 5.74. The van der Waals surface area contributed by atoms with Crippen LogP contribution in [0, 0.1) is 5.92 Å². The lowest BCUT2D eigenvalue weighted by Gasteiger charge is -2.30. The summed E-state index contributed by atoms with van der Waals surface area (Å²) in [7, 11) is -2.20. The number of fused-ring (bicyclic) bond motifs is 1. The molecule has 0 radical (unpaired) electrons. The lowest BCUT2D eigenvalue weighted by molar-refractivity contribution is -0.143. The molecule has 1 unspecified atom stereocenters. The van der Waals surface area contributed by atoms with Gasteiger partial charge in [-0.3, -0.25) is 9.69 Å². The van der Waals surface area contributed by atoms with Gasteiger partial charge >= 0.3 is 5.97 Å². The largest absolute Gasteiger partial charge is 0.497 e. The van der Waals surface area contributed by atoms with Crippen LogP contribution in [-0.4, -0.2) is 68.8 Å². The van der Waals surface area contributed by atoms with E-state index in [9.17, 15) is 18.3 Å². The summed E-state index contributed by atoms with van der Waals surface area (Å²) in [5.41, 5.74) is 1.66. The summed E-state index contributed by atoms with van der Waals surface area (Å²) in [5, 5.41) is 11.0. The molecular formula is C30H33ClN2O7S. The van der Waals surface area contributed by atoms with Gasteiger partial charge in [-0.1, -0.05) is 36.7 Å². The quantitative estimate of drug-likeness (QED) is 0.327. The molecule has 41 heavy (non-hydrogen) atoms. The van der Waals surface area contributed by atoms with Gasteiger partial charge in [0, 0.05) is 43.2 Å². The van der Waals surface area contributed by atoms with E-state index in [1.807, 2.05) is 49.4 Å². The summed E-state index contributed by atoms with van der Waals surface area (Å²) in [4.78, 5) is 15.1. The van der Waals surface area contributed by atoms with Gasteiger partial charge in [0.25, 0.3) is 0 Å². The first kappa shape index (κ1) is 29.2. The number of carboxylic acids is 1. The molecule has 0 amide bonds. The molecule has 3 atom stereocenters. The minimum Gasteiger partial charge on any atom is -0.497 e. The highest BCUT2D eigenvalue weighted by molar-refractivity contribution is 7.89. The molecule has 3 aromatic rings. The highest BCUT2D eigenvalue weighted by Crippen LogP contribution is 2.47. The summed E-state index contributed by atoms with van der Waals surface area (Å²) in [6, 6.07) is 18.6. The first-order chi connectivity index (χ1) is 19.7. The number of carbonyl (C=O) groups is 1. The standard InChI is InChI=1S/C30H33ClN2O7S/c1-3-14-33(41(36,37)24-11-7-22(31)8-12-24)16-15-32-18-25(21-6-13-26-27(17-21)40-19-39-26)28(30(34)35)29(32)20-4-9-23(38-2)10-5-20/h4-13,17,25,28-29H,3,14-16,18-19H2,1-2H3,(H,34,35)/t25?,28-,29+/m0/s1. The fourth-order valence-corrected chi connectivity index (χ4v) is 7.39. The predicted octanol–water partition coefficient (Wildman–Crippen LogP) is 5.02. The second kappa shape index (κ2) is 12.3. The fraction of sp³-hybridized carbons (Fsp3) is 0.367. The zero-order valence-electron chi connectivity index (χ0n) is 22.9. The summed E-state index contributed by atoms with van der Waals surface area (Å²) in [6.07, 6.45) is 0.631. The average Bonchev–Trinajstić information content (AvgIpc) is 3.60. The summed E-state index contributed by atoms with van der Waals surface area (Å²) in [6.45, 7) is 3.35. The van der Waals surface area contributed by atoms with E-state index in [0.29, 0.717) is 48.3 Å². The zero-order valence-corrected chi connectivity index (χ0v) is 24.5. The number of likely N-dealkylation sites (tertiary alicyclic amines) is 1. The Hall–Kier alpha value is -3.31. The van der Waals surface area contributed by atoms with Crippen LogP contribution >= 0.6 is 11.6 Å². The molecule has 3 aromatic carbocycles. The summed E-state index contributed by atoms with van der Waals surface area (Å²) in [5.74, 6) is -0.173. The number of ether oxygens (including phenoxy) is 3. The normalized spacial score (nSPS) is 20.4. The van der Waals surface area contributed by atoms with E-state index in [1.54, 1.807) is 19.2 Å². The SMILES string of the molecule is CCCN(CCN1CC(c2ccc3c(c2)OCO3)[C@H](C(=O)O)[C@H]1c1ccc(OC)cc1)S(=O)(=O)c1ccc(Cl)cc1. The number of carboxylic acid groups (broad SMARTS) is 1. The van der Waals surface area contributed by atoms with E-state index < -0.39 is 28.0 Å². The minimum atomic E-state index is -3.78. The van der Waals surface area contributed by atoms with Gasteiger partial charge in [0.1, 0.15) is 5.75 Å². The molecule has 218 valence electrons. The Labute approximate surface area is 245 Å². The molecule has 11 heteroatoms. The van der Waals surface area contributed by atoms with Crippen LogP contribution in [0.4, 0.5) is 0 Å². The van der Waals surface area contributed by atoms with Gasteiger partial charge in [-0.15, -0.1) is 0 Å². The number of hydrogen-bond acceptors (Lipinski definition) is 7. The van der Waals surface area contributed by atoms with Crippen LogP contribution < -0.4 is 14.2 Å². The van der Waals surface area contributed by atoms with Crippen LogP contribution in [0.15, 0.2) is 71.6 Å². The Morgan fingerprint density at radius 2 is 1.71 bits per heavy atom. The maximum Gasteiger partial charge on any atom is 0.309 e. The van der Waals surface area contributed by atoms with E-state index in [4.69, 9.17) is 25.8 Å². The number of hydrogen-bond donors (Lipinski definition) is 1. The molecule has 0 spiro atoms. The van der Waals surface area contributed by atoms with Crippen molar-refractivity contribution in [3.8, 4) is 17.2 Å². The predicted molar refractivity (Wildman–Crippen MR) is 154 cm³/mol. The van der Waals surface area contributed by atoms with Crippen molar-refractivity contribution in [1.29, 1.82) is 0 Å². The van der Waals surface area contributed by atoms with Gasteiger partial charge in [0.05, 0.1) is 17.9 Å². The van der Waals surface area contributed by atoms with E-state index in [0.717, 1.165) is 11.1 Å². The molecule has 0 bridgehead atoms. The number of halogens is 1. The van der Waals surface area contributed by atoms with E-state index in [2.05, 4.69) is 4.90 Å². The molecule has 9 nitrogen and oxygen atoms in total. The Balaban J connectivity index is 1.48. The van der Waals surface area contributed by atoms with Crippen LogP contribution in [0.25, 0.3) is 0 Å². The van der Waals surface area contributed by atoms with Crippen LogP contribution in [0.2, 0.25) is 5.02 Å². The smallest absolute Gasteiger partial charge is 0.309 e. The number of rotatable bonds is 11. The molecule has 0 aliphatic carbocycles. The van der Waals surface area contributed by atoms with Gasteiger partial charge in [-0.05, 0) is 66.1 Å². The second-order valence-electron chi connectivity index (χ2n) is 10.2.